The van der Waals surface area contributed by atoms with Crippen LogP contribution in [0.3, 0.4) is 0 Å². The summed E-state index contributed by atoms with van der Waals surface area (Å²) in [5.74, 6) is -0.463. The Labute approximate surface area is 148 Å². The highest BCUT2D eigenvalue weighted by Gasteiger charge is 2.27. The summed E-state index contributed by atoms with van der Waals surface area (Å²) in [6.45, 7) is 1.03. The number of anilines is 1. The number of fused-ring (bicyclic) bond motifs is 3. The molecule has 2 heterocycles. The van der Waals surface area contributed by atoms with Gasteiger partial charge in [-0.1, -0.05) is 18.2 Å². The Morgan fingerprint density at radius 3 is 3.00 bits per heavy atom. The second kappa shape index (κ2) is 6.23. The van der Waals surface area contributed by atoms with E-state index in [0.29, 0.717) is 29.7 Å². The highest BCUT2D eigenvalue weighted by Crippen LogP contribution is 2.38. The smallest absolute Gasteiger partial charge is 0.404 e. The summed E-state index contributed by atoms with van der Waals surface area (Å²) in [6, 6.07) is 10.6. The molecule has 1 unspecified atom stereocenters. The van der Waals surface area contributed by atoms with Gasteiger partial charge in [0.1, 0.15) is 11.9 Å². The van der Waals surface area contributed by atoms with E-state index < -0.39 is 11.9 Å². The van der Waals surface area contributed by atoms with E-state index in [1.54, 1.807) is 0 Å². The molecule has 2 aromatic carbocycles. The van der Waals surface area contributed by atoms with E-state index in [-0.39, 0.29) is 11.6 Å². The fourth-order valence-corrected chi connectivity index (χ4v) is 3.85. The van der Waals surface area contributed by atoms with Gasteiger partial charge in [0.2, 0.25) is 0 Å². The monoisotopic (exact) mass is 352 g/mol. The van der Waals surface area contributed by atoms with Crippen molar-refractivity contribution in [3.63, 3.8) is 0 Å². The van der Waals surface area contributed by atoms with Crippen LogP contribution >= 0.6 is 0 Å². The van der Waals surface area contributed by atoms with E-state index >= 15 is 4.39 Å². The number of H-pyrrole nitrogens is 1. The van der Waals surface area contributed by atoms with Crippen LogP contribution in [0.5, 0.6) is 0 Å². The number of rotatable bonds is 2. The molecule has 132 valence electrons. The zero-order valence-corrected chi connectivity index (χ0v) is 13.9. The molecule has 7 heteroatoms. The molecule has 1 aliphatic rings. The molecule has 4 rings (SSSR count). The minimum atomic E-state index is -1.07. The van der Waals surface area contributed by atoms with Gasteiger partial charge in [0.05, 0.1) is 16.8 Å². The van der Waals surface area contributed by atoms with Crippen LogP contribution in [0.2, 0.25) is 0 Å². The first kappa shape index (κ1) is 16.2. The summed E-state index contributed by atoms with van der Waals surface area (Å²) in [5.41, 5.74) is 2.13. The summed E-state index contributed by atoms with van der Waals surface area (Å²) in [4.78, 5) is 16.1. The van der Waals surface area contributed by atoms with Gasteiger partial charge in [-0.3, -0.25) is 0 Å². The van der Waals surface area contributed by atoms with Gasteiger partial charge in [-0.15, -0.1) is 0 Å². The van der Waals surface area contributed by atoms with Crippen LogP contribution in [0.25, 0.3) is 21.8 Å². The number of nitrogens with one attached hydrogen (secondary N) is 2. The summed E-state index contributed by atoms with van der Waals surface area (Å²) >= 11 is 0. The predicted octanol–water partition coefficient (Wildman–Crippen LogP) is 3.57. The molecule has 3 aromatic rings. The minimum absolute atomic E-state index is 0.253. The second-order valence-corrected chi connectivity index (χ2v) is 6.52. The number of aromatic amines is 1. The fraction of sp³-hybridized carbons (Fsp3) is 0.263. The number of halogens is 1. The maximum atomic E-state index is 15.0. The number of carboxylic acid groups (broad SMARTS) is 1. The largest absolute Gasteiger partial charge is 0.465 e. The lowest BCUT2D eigenvalue weighted by Gasteiger charge is -2.35. The van der Waals surface area contributed by atoms with Crippen molar-refractivity contribution in [1.29, 1.82) is 5.26 Å². The number of benzene rings is 2. The fourth-order valence-electron chi connectivity index (χ4n) is 3.85. The molecule has 1 fully saturated rings. The lowest BCUT2D eigenvalue weighted by Crippen LogP contribution is -2.47. The molecule has 0 spiro atoms. The molecule has 1 aromatic heterocycles. The Morgan fingerprint density at radius 1 is 1.42 bits per heavy atom. The summed E-state index contributed by atoms with van der Waals surface area (Å²) in [7, 11) is 0. The van der Waals surface area contributed by atoms with Crippen LogP contribution in [0.15, 0.2) is 30.3 Å². The van der Waals surface area contributed by atoms with Gasteiger partial charge in [0.25, 0.3) is 0 Å². The summed E-state index contributed by atoms with van der Waals surface area (Å²) in [6.07, 6.45) is 0.403. The number of carbonyl (C=O) groups is 1. The van der Waals surface area contributed by atoms with Gasteiger partial charge in [0.15, 0.2) is 0 Å². The third kappa shape index (κ3) is 2.60. The van der Waals surface area contributed by atoms with E-state index in [0.717, 1.165) is 23.7 Å². The normalized spacial score (nSPS) is 17.4. The second-order valence-electron chi connectivity index (χ2n) is 6.52. The lowest BCUT2D eigenvalue weighted by atomic mass is 10.0. The number of aromatic nitrogens is 1. The molecule has 0 radical (unpaired) electrons. The molecule has 1 atom stereocenters. The third-order valence-corrected chi connectivity index (χ3v) is 4.90. The Bertz CT molecular complexity index is 1050. The standard InChI is InChI=1S/C19H17FN4O2/c20-14-8-11(9-21)17-16(13-5-1-2-6-15(13)23-17)18(14)24-7-3-4-12(10-24)22-19(25)26/h1-2,5-6,8,12,22-23H,3-4,7,10H2,(H,25,26). The van der Waals surface area contributed by atoms with Gasteiger partial charge < -0.3 is 20.3 Å². The molecule has 6 nitrogen and oxygen atoms in total. The average molecular weight is 352 g/mol. The van der Waals surface area contributed by atoms with Crippen LogP contribution in [-0.4, -0.2) is 35.3 Å². The zero-order chi connectivity index (χ0) is 18.3. The highest BCUT2D eigenvalue weighted by molar-refractivity contribution is 6.15. The Balaban J connectivity index is 1.90. The Morgan fingerprint density at radius 2 is 2.23 bits per heavy atom. The molecule has 26 heavy (non-hydrogen) atoms. The van der Waals surface area contributed by atoms with Crippen molar-refractivity contribution >= 4 is 33.6 Å². The topological polar surface area (TPSA) is 92.2 Å². The van der Waals surface area contributed by atoms with Gasteiger partial charge in [-0.05, 0) is 25.0 Å². The highest BCUT2D eigenvalue weighted by atomic mass is 19.1. The van der Waals surface area contributed by atoms with Crippen LogP contribution < -0.4 is 10.2 Å². The van der Waals surface area contributed by atoms with E-state index in [1.807, 2.05) is 29.2 Å². The van der Waals surface area contributed by atoms with Crippen LogP contribution in [0, 0.1) is 17.1 Å². The number of hydrogen-bond donors (Lipinski definition) is 3. The molecule has 3 N–H and O–H groups in total. The summed E-state index contributed by atoms with van der Waals surface area (Å²) < 4.78 is 15.0. The molecule has 0 aliphatic carbocycles. The molecular formula is C19H17FN4O2. The number of piperidine rings is 1. The van der Waals surface area contributed by atoms with Crippen molar-refractivity contribution in [1.82, 2.24) is 10.3 Å². The third-order valence-electron chi connectivity index (χ3n) is 4.90. The first-order valence-electron chi connectivity index (χ1n) is 8.46. The zero-order valence-electron chi connectivity index (χ0n) is 13.9. The van der Waals surface area contributed by atoms with Gasteiger partial charge in [-0.25, -0.2) is 9.18 Å². The Hall–Kier alpha value is -3.27. The molecule has 0 bridgehead atoms. The van der Waals surface area contributed by atoms with Gasteiger partial charge >= 0.3 is 6.09 Å². The minimum Gasteiger partial charge on any atom is -0.465 e. The van der Waals surface area contributed by atoms with Crippen LogP contribution in [0.1, 0.15) is 18.4 Å². The molecule has 1 aliphatic heterocycles. The van der Waals surface area contributed by atoms with Crippen molar-refractivity contribution in [2.45, 2.75) is 18.9 Å². The quantitative estimate of drug-likeness (QED) is 0.657. The molecule has 1 amide bonds. The number of nitriles is 1. The predicted molar refractivity (Wildman–Crippen MR) is 96.9 cm³/mol. The lowest BCUT2D eigenvalue weighted by molar-refractivity contribution is 0.188. The molecular weight excluding hydrogens is 335 g/mol. The molecule has 1 saturated heterocycles. The van der Waals surface area contributed by atoms with Crippen molar-refractivity contribution in [3.05, 3.63) is 41.7 Å². The van der Waals surface area contributed by atoms with Crippen LogP contribution in [-0.2, 0) is 0 Å². The summed E-state index contributed by atoms with van der Waals surface area (Å²) in [5, 5.41) is 22.4. The van der Waals surface area contributed by atoms with Gasteiger partial charge in [0, 0.05) is 35.4 Å². The van der Waals surface area contributed by atoms with E-state index in [2.05, 4.69) is 16.4 Å². The van der Waals surface area contributed by atoms with Crippen molar-refractivity contribution in [3.8, 4) is 6.07 Å². The first-order chi connectivity index (χ1) is 12.6. The first-order valence-corrected chi connectivity index (χ1v) is 8.46. The van der Waals surface area contributed by atoms with Gasteiger partial charge in [-0.2, -0.15) is 5.26 Å². The van der Waals surface area contributed by atoms with E-state index in [4.69, 9.17) is 5.11 Å². The average Bonchev–Trinajstić information content (AvgIpc) is 3.00. The van der Waals surface area contributed by atoms with Crippen LogP contribution in [0.4, 0.5) is 14.9 Å². The number of hydrogen-bond acceptors (Lipinski definition) is 3. The van der Waals surface area contributed by atoms with Crippen molar-refractivity contribution < 1.29 is 14.3 Å². The number of nitrogens with zero attached hydrogens (tertiary/aromatic N) is 2. The SMILES string of the molecule is N#Cc1cc(F)c(N2CCCC(NC(=O)O)C2)c2c1[nH]c1ccccc12. The molecule has 0 saturated carbocycles. The van der Waals surface area contributed by atoms with Crippen molar-refractivity contribution in [2.24, 2.45) is 0 Å². The van der Waals surface area contributed by atoms with Crippen molar-refractivity contribution in [2.75, 3.05) is 18.0 Å². The number of para-hydroxylation sites is 1. The maximum absolute atomic E-state index is 15.0. The van der Waals surface area contributed by atoms with E-state index in [9.17, 15) is 10.1 Å². The Kier molecular flexibility index (Phi) is 3.88. The number of amides is 1. The maximum Gasteiger partial charge on any atom is 0.404 e. The van der Waals surface area contributed by atoms with E-state index in [1.165, 1.54) is 6.07 Å².